The number of rotatable bonds is 3. The largest absolute Gasteiger partial charge is 0.507 e. The summed E-state index contributed by atoms with van der Waals surface area (Å²) in [7, 11) is 0. The monoisotopic (exact) mass is 463 g/mol. The van der Waals surface area contributed by atoms with E-state index in [0.29, 0.717) is 5.56 Å². The summed E-state index contributed by atoms with van der Waals surface area (Å²) < 4.78 is 2.20. The Labute approximate surface area is 207 Å². The van der Waals surface area contributed by atoms with Gasteiger partial charge in [0.05, 0.1) is 22.4 Å². The van der Waals surface area contributed by atoms with Gasteiger partial charge in [-0.15, -0.1) is 0 Å². The minimum absolute atomic E-state index is 0.216. The van der Waals surface area contributed by atoms with Gasteiger partial charge >= 0.3 is 0 Å². The third kappa shape index (κ3) is 3.16. The maximum absolute atomic E-state index is 10.4. The number of hydrogen-bond acceptors (Lipinski definition) is 3. The highest BCUT2D eigenvalue weighted by Gasteiger charge is 2.16. The summed E-state index contributed by atoms with van der Waals surface area (Å²) in [5.74, 6) is 1.01. The van der Waals surface area contributed by atoms with E-state index in [4.69, 9.17) is 9.97 Å². The third-order valence-corrected chi connectivity index (χ3v) is 6.76. The van der Waals surface area contributed by atoms with Crippen molar-refractivity contribution in [1.82, 2.24) is 14.5 Å². The molecular formula is C32H21N3O. The number of aromatic hydroxyl groups is 1. The predicted octanol–water partition coefficient (Wildman–Crippen LogP) is 7.77. The first-order valence-electron chi connectivity index (χ1n) is 11.9. The Morgan fingerprint density at radius 2 is 1.39 bits per heavy atom. The lowest BCUT2D eigenvalue weighted by atomic mass is 10.0. The quantitative estimate of drug-likeness (QED) is 0.291. The molecule has 170 valence electrons. The van der Waals surface area contributed by atoms with E-state index in [9.17, 15) is 5.11 Å². The molecule has 0 atom stereocenters. The number of aromatic nitrogens is 3. The van der Waals surface area contributed by atoms with Gasteiger partial charge in [-0.05, 0) is 47.9 Å². The molecule has 7 rings (SSSR count). The fraction of sp³-hybridized carbons (Fsp3) is 0. The van der Waals surface area contributed by atoms with Gasteiger partial charge in [-0.3, -0.25) is 9.55 Å². The van der Waals surface area contributed by atoms with Crippen LogP contribution in [0.5, 0.6) is 5.75 Å². The second-order valence-electron chi connectivity index (χ2n) is 8.86. The lowest BCUT2D eigenvalue weighted by Gasteiger charge is -2.11. The van der Waals surface area contributed by atoms with Crippen LogP contribution in [-0.2, 0) is 0 Å². The SMILES string of the molecule is Oc1ccccc1-c1cccc(-n2c3ccccc3c3ccc(-c4nccc5ccccc45)cc32)n1. The van der Waals surface area contributed by atoms with Crippen molar-refractivity contribution in [3.63, 3.8) is 0 Å². The molecule has 3 heterocycles. The van der Waals surface area contributed by atoms with E-state index in [1.54, 1.807) is 6.07 Å². The molecule has 0 unspecified atom stereocenters. The molecule has 36 heavy (non-hydrogen) atoms. The van der Waals surface area contributed by atoms with E-state index in [2.05, 4.69) is 71.3 Å². The topological polar surface area (TPSA) is 50.9 Å². The lowest BCUT2D eigenvalue weighted by Crippen LogP contribution is -1.98. The first-order chi connectivity index (χ1) is 17.8. The van der Waals surface area contributed by atoms with Gasteiger partial charge in [-0.25, -0.2) is 4.98 Å². The standard InChI is InChI=1S/C32H21N3O/c36-30-14-6-4-11-26(30)27-12-7-15-31(34-27)35-28-13-5-3-10-24(28)25-17-16-22(20-29(25)35)32-23-9-2-1-8-21(23)18-19-33-32/h1-20,36H. The summed E-state index contributed by atoms with van der Waals surface area (Å²) in [4.78, 5) is 9.74. The molecule has 0 spiro atoms. The van der Waals surface area contributed by atoms with Gasteiger partial charge in [-0.1, -0.05) is 72.8 Å². The zero-order chi connectivity index (χ0) is 24.1. The maximum Gasteiger partial charge on any atom is 0.138 e. The van der Waals surface area contributed by atoms with Crippen molar-refractivity contribution in [3.05, 3.63) is 121 Å². The average molecular weight is 464 g/mol. The van der Waals surface area contributed by atoms with Crippen molar-refractivity contribution < 1.29 is 5.11 Å². The van der Waals surface area contributed by atoms with Crippen molar-refractivity contribution in [2.75, 3.05) is 0 Å². The Morgan fingerprint density at radius 3 is 2.31 bits per heavy atom. The summed E-state index contributed by atoms with van der Waals surface area (Å²) in [5.41, 5.74) is 5.59. The fourth-order valence-electron chi connectivity index (χ4n) is 5.10. The second kappa shape index (κ2) is 8.07. The smallest absolute Gasteiger partial charge is 0.138 e. The van der Waals surface area contributed by atoms with Crippen molar-refractivity contribution in [2.45, 2.75) is 0 Å². The fourth-order valence-corrected chi connectivity index (χ4v) is 5.10. The molecule has 0 aliphatic carbocycles. The number of hydrogen-bond donors (Lipinski definition) is 1. The molecule has 3 aromatic heterocycles. The second-order valence-corrected chi connectivity index (χ2v) is 8.86. The molecule has 0 bridgehead atoms. The Morgan fingerprint density at radius 1 is 0.611 bits per heavy atom. The van der Waals surface area contributed by atoms with Crippen LogP contribution in [0.15, 0.2) is 121 Å². The predicted molar refractivity (Wildman–Crippen MR) is 146 cm³/mol. The molecule has 0 saturated heterocycles. The summed E-state index contributed by atoms with van der Waals surface area (Å²) in [6.45, 7) is 0. The molecule has 0 radical (unpaired) electrons. The van der Waals surface area contributed by atoms with Crippen LogP contribution in [0.25, 0.3) is 60.9 Å². The van der Waals surface area contributed by atoms with Gasteiger partial charge in [0.1, 0.15) is 11.6 Å². The normalized spacial score (nSPS) is 11.4. The van der Waals surface area contributed by atoms with Gasteiger partial charge in [0, 0.05) is 33.5 Å². The van der Waals surface area contributed by atoms with Gasteiger partial charge in [-0.2, -0.15) is 0 Å². The Balaban J connectivity index is 1.50. The highest BCUT2D eigenvalue weighted by Crippen LogP contribution is 2.36. The van der Waals surface area contributed by atoms with E-state index in [0.717, 1.165) is 44.6 Å². The van der Waals surface area contributed by atoms with E-state index >= 15 is 0 Å². The Kier molecular flexibility index (Phi) is 4.57. The van der Waals surface area contributed by atoms with Gasteiger partial charge in [0.25, 0.3) is 0 Å². The molecule has 4 aromatic carbocycles. The summed E-state index contributed by atoms with van der Waals surface area (Å²) in [6.07, 6.45) is 1.87. The minimum atomic E-state index is 0.216. The number of fused-ring (bicyclic) bond motifs is 4. The molecule has 4 heteroatoms. The number of nitrogens with zero attached hydrogens (tertiary/aromatic N) is 3. The van der Waals surface area contributed by atoms with Crippen molar-refractivity contribution in [2.24, 2.45) is 0 Å². The Hall–Kier alpha value is -4.96. The first kappa shape index (κ1) is 20.4. The van der Waals surface area contributed by atoms with Crippen LogP contribution in [0, 0.1) is 0 Å². The number of benzene rings is 4. The number of para-hydroxylation sites is 2. The maximum atomic E-state index is 10.4. The van der Waals surface area contributed by atoms with E-state index in [1.807, 2.05) is 48.7 Å². The lowest BCUT2D eigenvalue weighted by molar-refractivity contribution is 0.477. The molecule has 0 aliphatic rings. The van der Waals surface area contributed by atoms with E-state index in [-0.39, 0.29) is 5.75 Å². The van der Waals surface area contributed by atoms with Crippen molar-refractivity contribution in [1.29, 1.82) is 0 Å². The number of phenolic OH excluding ortho intramolecular Hbond substituents is 1. The van der Waals surface area contributed by atoms with Gasteiger partial charge in [0.15, 0.2) is 0 Å². The average Bonchev–Trinajstić information content (AvgIpc) is 3.27. The summed E-state index contributed by atoms with van der Waals surface area (Å²) in [5, 5.41) is 15.0. The molecule has 1 N–H and O–H groups in total. The first-order valence-corrected chi connectivity index (χ1v) is 11.9. The van der Waals surface area contributed by atoms with Crippen molar-refractivity contribution >= 4 is 32.6 Å². The van der Waals surface area contributed by atoms with Crippen molar-refractivity contribution in [3.8, 4) is 34.1 Å². The summed E-state index contributed by atoms with van der Waals surface area (Å²) in [6, 6.07) is 38.5. The van der Waals surface area contributed by atoms with Gasteiger partial charge < -0.3 is 5.11 Å². The van der Waals surface area contributed by atoms with Crippen LogP contribution in [0.2, 0.25) is 0 Å². The molecule has 7 aromatic rings. The molecule has 0 saturated carbocycles. The zero-order valence-electron chi connectivity index (χ0n) is 19.3. The highest BCUT2D eigenvalue weighted by atomic mass is 16.3. The van der Waals surface area contributed by atoms with Gasteiger partial charge in [0.2, 0.25) is 0 Å². The number of phenols is 1. The van der Waals surface area contributed by atoms with Crippen LogP contribution < -0.4 is 0 Å². The Bertz CT molecular complexity index is 1910. The molecular weight excluding hydrogens is 442 g/mol. The van der Waals surface area contributed by atoms with E-state index in [1.165, 1.54) is 10.8 Å². The minimum Gasteiger partial charge on any atom is -0.507 e. The molecule has 0 aliphatic heterocycles. The highest BCUT2D eigenvalue weighted by molar-refractivity contribution is 6.10. The summed E-state index contributed by atoms with van der Waals surface area (Å²) >= 11 is 0. The third-order valence-electron chi connectivity index (χ3n) is 6.76. The van der Waals surface area contributed by atoms with Crippen LogP contribution in [0.3, 0.4) is 0 Å². The van der Waals surface area contributed by atoms with Crippen LogP contribution in [0.4, 0.5) is 0 Å². The number of pyridine rings is 2. The van der Waals surface area contributed by atoms with Crippen LogP contribution in [-0.4, -0.2) is 19.6 Å². The van der Waals surface area contributed by atoms with Crippen LogP contribution >= 0.6 is 0 Å². The van der Waals surface area contributed by atoms with Crippen LogP contribution in [0.1, 0.15) is 0 Å². The zero-order valence-corrected chi connectivity index (χ0v) is 19.3. The van der Waals surface area contributed by atoms with E-state index < -0.39 is 0 Å². The molecule has 4 nitrogen and oxygen atoms in total. The molecule has 0 fully saturated rings. The molecule has 0 amide bonds.